The molecular weight excluding hydrogens is 398 g/mol. The van der Waals surface area contributed by atoms with Crippen LogP contribution in [0.2, 0.25) is 0 Å². The number of fused-ring (bicyclic) bond motifs is 1. The Hall–Kier alpha value is -3.81. The summed E-state index contributed by atoms with van der Waals surface area (Å²) in [6.45, 7) is 2.52. The van der Waals surface area contributed by atoms with E-state index in [1.54, 1.807) is 36.4 Å². The zero-order valence-corrected chi connectivity index (χ0v) is 17.5. The van der Waals surface area contributed by atoms with Gasteiger partial charge in [0.15, 0.2) is 11.5 Å². The lowest BCUT2D eigenvalue weighted by molar-refractivity contribution is 0.0950. The summed E-state index contributed by atoms with van der Waals surface area (Å²) in [5.74, 6) is -0.934. The number of unbranched alkanes of at least 4 members (excludes halogenated alkanes) is 2. The van der Waals surface area contributed by atoms with Crippen LogP contribution in [-0.4, -0.2) is 34.0 Å². The molecule has 0 aliphatic heterocycles. The van der Waals surface area contributed by atoms with Crippen molar-refractivity contribution in [1.29, 1.82) is 0 Å². The van der Waals surface area contributed by atoms with E-state index in [0.29, 0.717) is 23.0 Å². The van der Waals surface area contributed by atoms with Crippen molar-refractivity contribution in [2.75, 3.05) is 7.11 Å². The van der Waals surface area contributed by atoms with Gasteiger partial charge < -0.3 is 19.5 Å². The largest absolute Gasteiger partial charge is 0.506 e. The third-order valence-electron chi connectivity index (χ3n) is 4.94. The average Bonchev–Trinajstić information content (AvgIpc) is 2.77. The second-order valence-electron chi connectivity index (χ2n) is 7.04. The zero-order valence-electron chi connectivity index (χ0n) is 17.5. The number of methoxy groups -OCH3 is 1. The molecule has 3 rings (SSSR count). The zero-order chi connectivity index (χ0) is 22.4. The second kappa shape index (κ2) is 9.80. The number of phenolic OH excluding ortho intramolecular Hbond substituents is 1. The lowest BCUT2D eigenvalue weighted by Gasteiger charge is -2.14. The molecule has 3 N–H and O–H groups in total. The standard InChI is InChI=1S/C23H25N3O5/c1-3-4-7-12-26-17-9-6-5-8-16(17)21(28)20(23(26)30)22(29)25-24-14-15-10-11-18(27)19(13-15)31-2/h5-6,8-11,13-14,27-28H,3-4,7,12H2,1-2H3,(H,25,29)/b24-14-. The summed E-state index contributed by atoms with van der Waals surface area (Å²) >= 11 is 0. The van der Waals surface area contributed by atoms with Gasteiger partial charge in [0.2, 0.25) is 0 Å². The number of amides is 1. The molecule has 2 aromatic carbocycles. The van der Waals surface area contributed by atoms with E-state index in [2.05, 4.69) is 17.5 Å². The molecule has 0 bridgehead atoms. The molecule has 0 fully saturated rings. The molecule has 1 aromatic heterocycles. The normalized spacial score (nSPS) is 11.2. The molecule has 0 spiro atoms. The number of carbonyl (C=O) groups is 1. The summed E-state index contributed by atoms with van der Waals surface area (Å²) in [6, 6.07) is 11.5. The van der Waals surface area contributed by atoms with Crippen LogP contribution < -0.4 is 15.7 Å². The summed E-state index contributed by atoms with van der Waals surface area (Å²) in [4.78, 5) is 25.8. The van der Waals surface area contributed by atoms with Crippen molar-refractivity contribution in [3.8, 4) is 17.2 Å². The smallest absolute Gasteiger partial charge is 0.280 e. The highest BCUT2D eigenvalue weighted by Gasteiger charge is 2.21. The van der Waals surface area contributed by atoms with Gasteiger partial charge in [-0.3, -0.25) is 9.59 Å². The number of nitrogens with one attached hydrogen (secondary N) is 1. The van der Waals surface area contributed by atoms with Crippen LogP contribution >= 0.6 is 0 Å². The maximum atomic E-state index is 13.0. The van der Waals surface area contributed by atoms with E-state index in [9.17, 15) is 19.8 Å². The maximum absolute atomic E-state index is 13.0. The summed E-state index contributed by atoms with van der Waals surface area (Å²) < 4.78 is 6.55. The number of ether oxygens (including phenoxy) is 1. The van der Waals surface area contributed by atoms with E-state index in [1.165, 1.54) is 24.0 Å². The number of carbonyl (C=O) groups excluding carboxylic acids is 1. The number of aromatic hydroxyl groups is 2. The van der Waals surface area contributed by atoms with Crippen molar-refractivity contribution in [2.45, 2.75) is 32.7 Å². The van der Waals surface area contributed by atoms with E-state index in [4.69, 9.17) is 4.74 Å². The molecule has 8 heteroatoms. The number of aromatic nitrogens is 1. The molecule has 162 valence electrons. The molecule has 0 saturated carbocycles. The molecule has 1 amide bonds. The van der Waals surface area contributed by atoms with Gasteiger partial charge in [0.05, 0.1) is 18.8 Å². The number of aryl methyl sites for hydroxylation is 1. The fourth-order valence-electron chi connectivity index (χ4n) is 3.33. The van der Waals surface area contributed by atoms with E-state index >= 15 is 0 Å². The number of pyridine rings is 1. The fourth-order valence-corrected chi connectivity index (χ4v) is 3.33. The fraction of sp³-hybridized carbons (Fsp3) is 0.261. The second-order valence-corrected chi connectivity index (χ2v) is 7.04. The molecule has 0 radical (unpaired) electrons. The van der Waals surface area contributed by atoms with Crippen molar-refractivity contribution < 1.29 is 19.7 Å². The van der Waals surface area contributed by atoms with Crippen LogP contribution in [0.15, 0.2) is 52.4 Å². The van der Waals surface area contributed by atoms with Crippen LogP contribution in [0.25, 0.3) is 10.9 Å². The van der Waals surface area contributed by atoms with Crippen LogP contribution in [0.4, 0.5) is 0 Å². The number of hydrogen-bond donors (Lipinski definition) is 3. The molecule has 0 unspecified atom stereocenters. The monoisotopic (exact) mass is 423 g/mol. The molecule has 0 saturated heterocycles. The summed E-state index contributed by atoms with van der Waals surface area (Å²) in [6.07, 6.45) is 4.07. The number of benzene rings is 2. The molecule has 0 aliphatic rings. The Morgan fingerprint density at radius 2 is 1.97 bits per heavy atom. The first kappa shape index (κ1) is 21.9. The predicted octanol–water partition coefficient (Wildman–Crippen LogP) is 3.38. The third-order valence-corrected chi connectivity index (χ3v) is 4.94. The van der Waals surface area contributed by atoms with Crippen LogP contribution in [0.1, 0.15) is 42.1 Å². The molecule has 31 heavy (non-hydrogen) atoms. The highest BCUT2D eigenvalue weighted by molar-refractivity contribution is 6.02. The molecule has 3 aromatic rings. The lowest BCUT2D eigenvalue weighted by Crippen LogP contribution is -2.31. The minimum absolute atomic E-state index is 0.0200. The van der Waals surface area contributed by atoms with Crippen LogP contribution in [0.5, 0.6) is 17.2 Å². The Balaban J connectivity index is 1.92. The summed E-state index contributed by atoms with van der Waals surface area (Å²) in [5.41, 5.74) is 2.52. The van der Waals surface area contributed by atoms with Crippen molar-refractivity contribution in [1.82, 2.24) is 9.99 Å². The predicted molar refractivity (Wildman–Crippen MR) is 119 cm³/mol. The number of phenols is 1. The van der Waals surface area contributed by atoms with E-state index < -0.39 is 11.5 Å². The topological polar surface area (TPSA) is 113 Å². The Bertz CT molecular complexity index is 1180. The van der Waals surface area contributed by atoms with Crippen molar-refractivity contribution in [3.63, 3.8) is 0 Å². The van der Waals surface area contributed by atoms with Gasteiger partial charge in [-0.15, -0.1) is 0 Å². The quantitative estimate of drug-likeness (QED) is 0.292. The number of nitrogens with zero attached hydrogens (tertiary/aromatic N) is 2. The number of hydrazone groups is 1. The van der Waals surface area contributed by atoms with Gasteiger partial charge in [0.25, 0.3) is 11.5 Å². The maximum Gasteiger partial charge on any atom is 0.280 e. The van der Waals surface area contributed by atoms with Crippen LogP contribution in [-0.2, 0) is 6.54 Å². The van der Waals surface area contributed by atoms with Gasteiger partial charge in [-0.25, -0.2) is 5.43 Å². The summed E-state index contributed by atoms with van der Waals surface area (Å²) in [5, 5.41) is 24.6. The highest BCUT2D eigenvalue weighted by atomic mass is 16.5. The average molecular weight is 423 g/mol. The van der Waals surface area contributed by atoms with Gasteiger partial charge in [-0.1, -0.05) is 31.9 Å². The molecule has 1 heterocycles. The number of hydrogen-bond acceptors (Lipinski definition) is 6. The summed E-state index contributed by atoms with van der Waals surface area (Å²) in [7, 11) is 1.42. The van der Waals surface area contributed by atoms with Gasteiger partial charge in [0.1, 0.15) is 11.3 Å². The molecule has 0 atom stereocenters. The molecule has 8 nitrogen and oxygen atoms in total. The van der Waals surface area contributed by atoms with Crippen molar-refractivity contribution >= 4 is 23.0 Å². The highest BCUT2D eigenvalue weighted by Crippen LogP contribution is 2.27. The Morgan fingerprint density at radius 1 is 1.19 bits per heavy atom. The first-order valence-corrected chi connectivity index (χ1v) is 10.0. The van der Waals surface area contributed by atoms with Gasteiger partial charge in [-0.2, -0.15) is 5.10 Å². The minimum atomic E-state index is -0.806. The SMILES string of the molecule is CCCCCn1c(=O)c(C(=O)N/N=C\c2ccc(O)c(OC)c2)c(O)c2ccccc21. The Morgan fingerprint density at radius 3 is 2.71 bits per heavy atom. The van der Waals surface area contributed by atoms with Crippen molar-refractivity contribution in [2.24, 2.45) is 5.10 Å². The van der Waals surface area contributed by atoms with Gasteiger partial charge >= 0.3 is 0 Å². The van der Waals surface area contributed by atoms with Crippen LogP contribution in [0, 0.1) is 0 Å². The van der Waals surface area contributed by atoms with E-state index in [-0.39, 0.29) is 22.8 Å². The first-order valence-electron chi connectivity index (χ1n) is 10.0. The van der Waals surface area contributed by atoms with Crippen LogP contribution in [0.3, 0.4) is 0 Å². The van der Waals surface area contributed by atoms with E-state index in [1.807, 2.05) is 0 Å². The third kappa shape index (κ3) is 4.69. The Kier molecular flexibility index (Phi) is 6.92. The number of para-hydroxylation sites is 1. The minimum Gasteiger partial charge on any atom is -0.506 e. The van der Waals surface area contributed by atoms with E-state index in [0.717, 1.165) is 19.3 Å². The number of rotatable bonds is 8. The lowest BCUT2D eigenvalue weighted by atomic mass is 10.1. The van der Waals surface area contributed by atoms with Gasteiger partial charge in [0, 0.05) is 11.9 Å². The van der Waals surface area contributed by atoms with Crippen molar-refractivity contribution in [3.05, 3.63) is 63.9 Å². The molecule has 0 aliphatic carbocycles. The molecular formula is C23H25N3O5. The van der Waals surface area contributed by atoms with Gasteiger partial charge in [-0.05, 0) is 42.3 Å². The first-order chi connectivity index (χ1) is 15.0. The Labute approximate surface area is 179 Å².